The average Bonchev–Trinajstić information content (AvgIpc) is 3.20. The van der Waals surface area contributed by atoms with Gasteiger partial charge in [0.1, 0.15) is 23.3 Å². The van der Waals surface area contributed by atoms with E-state index >= 15 is 8.78 Å². The van der Waals surface area contributed by atoms with E-state index in [4.69, 9.17) is 9.73 Å². The summed E-state index contributed by atoms with van der Waals surface area (Å²) in [4.78, 5) is 10.1. The van der Waals surface area contributed by atoms with Crippen LogP contribution in [0.2, 0.25) is 0 Å². The largest absolute Gasteiger partial charge is 0.481 e. The number of halogens is 3. The molecule has 2 heterocycles. The monoisotopic (exact) mass is 787 g/mol. The van der Waals surface area contributed by atoms with Gasteiger partial charge in [0.25, 0.3) is 0 Å². The van der Waals surface area contributed by atoms with Crippen molar-refractivity contribution in [2.24, 2.45) is 10.9 Å². The highest BCUT2D eigenvalue weighted by Gasteiger charge is 2.51. The van der Waals surface area contributed by atoms with Gasteiger partial charge < -0.3 is 15.2 Å². The van der Waals surface area contributed by atoms with Crippen LogP contribution in [-0.4, -0.2) is 28.1 Å². The predicted octanol–water partition coefficient (Wildman–Crippen LogP) is 9.51. The highest BCUT2D eigenvalue weighted by molar-refractivity contribution is 9.10. The highest BCUT2D eigenvalue weighted by atomic mass is 79.9. The molecule has 6 aromatic rings. The highest BCUT2D eigenvalue weighted by Crippen LogP contribution is 2.52. The number of ether oxygens (including phenoxy) is 1. The third-order valence-electron chi connectivity index (χ3n) is 10.6. The molecule has 0 amide bonds. The Labute approximate surface area is 320 Å². The summed E-state index contributed by atoms with van der Waals surface area (Å²) in [6, 6.07) is 42.1. The van der Waals surface area contributed by atoms with E-state index in [0.717, 1.165) is 32.3 Å². The van der Waals surface area contributed by atoms with Crippen LogP contribution in [0.4, 0.5) is 8.78 Å². The van der Waals surface area contributed by atoms with Crippen molar-refractivity contribution in [2.75, 3.05) is 12.9 Å². The van der Waals surface area contributed by atoms with E-state index in [0.29, 0.717) is 28.8 Å². The number of benzene rings is 5. The molecule has 1 aromatic heterocycles. The number of amidine groups is 1. The second-order valence-corrected chi connectivity index (χ2v) is 15.3. The minimum absolute atomic E-state index is 0.199. The number of pyridine rings is 1. The summed E-state index contributed by atoms with van der Waals surface area (Å²) in [6.45, 7) is 0. The molecule has 2 aliphatic rings. The van der Waals surface area contributed by atoms with Gasteiger partial charge in [0.15, 0.2) is 5.17 Å². The third kappa shape index (κ3) is 6.14. The Morgan fingerprint density at radius 2 is 1.40 bits per heavy atom. The fourth-order valence-electron chi connectivity index (χ4n) is 8.01. The first-order valence-corrected chi connectivity index (χ1v) is 19.2. The van der Waals surface area contributed by atoms with E-state index in [1.165, 1.54) is 12.1 Å². The van der Waals surface area contributed by atoms with E-state index in [9.17, 15) is 5.11 Å². The Morgan fingerprint density at radius 3 is 1.96 bits per heavy atom. The molecule has 1 aliphatic heterocycles. The lowest BCUT2D eigenvalue weighted by atomic mass is 9.67. The van der Waals surface area contributed by atoms with Gasteiger partial charge in [-0.05, 0) is 56.2 Å². The molecular formula is C44H36BrF2N3O2S. The van der Waals surface area contributed by atoms with Crippen LogP contribution in [0.3, 0.4) is 0 Å². The Kier molecular flexibility index (Phi) is 9.66. The Bertz CT molecular complexity index is 2180. The molecule has 0 saturated carbocycles. The molecule has 266 valence electrons. The number of aromatic nitrogens is 1. The van der Waals surface area contributed by atoms with Crippen molar-refractivity contribution in [2.45, 2.75) is 30.0 Å². The first-order chi connectivity index (χ1) is 25.9. The molecule has 3 atom stereocenters. The van der Waals surface area contributed by atoms with Gasteiger partial charge in [0.05, 0.1) is 18.2 Å². The number of hydrogen-bond donors (Lipinski definition) is 2. The van der Waals surface area contributed by atoms with Crippen LogP contribution in [0.5, 0.6) is 5.88 Å². The molecule has 9 heteroatoms. The van der Waals surface area contributed by atoms with Gasteiger partial charge in [-0.15, -0.1) is 0 Å². The summed E-state index contributed by atoms with van der Waals surface area (Å²) in [5.41, 5.74) is 2.96. The number of aliphatic imine (C=N–C) groups is 1. The zero-order valence-electron chi connectivity index (χ0n) is 28.8. The average molecular weight is 789 g/mol. The van der Waals surface area contributed by atoms with Crippen LogP contribution < -0.4 is 10.1 Å². The normalized spacial score (nSPS) is 18.7. The smallest absolute Gasteiger partial charge is 0.216 e. The van der Waals surface area contributed by atoms with Crippen molar-refractivity contribution in [3.05, 3.63) is 200 Å². The summed E-state index contributed by atoms with van der Waals surface area (Å²) in [5, 5.41) is 16.0. The molecule has 1 unspecified atom stereocenters. The minimum Gasteiger partial charge on any atom is -0.481 e. The van der Waals surface area contributed by atoms with Crippen LogP contribution in [0.15, 0.2) is 149 Å². The first-order valence-electron chi connectivity index (χ1n) is 17.4. The molecule has 0 bridgehead atoms. The summed E-state index contributed by atoms with van der Waals surface area (Å²) < 4.78 is 39.7. The van der Waals surface area contributed by atoms with Gasteiger partial charge >= 0.3 is 0 Å². The van der Waals surface area contributed by atoms with E-state index in [-0.39, 0.29) is 17.9 Å². The van der Waals surface area contributed by atoms with E-state index in [1.807, 2.05) is 54.6 Å². The molecule has 0 saturated heterocycles. The maximum absolute atomic E-state index is 17.4. The van der Waals surface area contributed by atoms with Crippen molar-refractivity contribution < 1.29 is 18.6 Å². The van der Waals surface area contributed by atoms with Crippen molar-refractivity contribution >= 4 is 32.9 Å². The van der Waals surface area contributed by atoms with Gasteiger partial charge in [-0.3, -0.25) is 4.99 Å². The lowest BCUT2D eigenvalue weighted by molar-refractivity contribution is 0.205. The van der Waals surface area contributed by atoms with Crippen molar-refractivity contribution in [3.8, 4) is 5.88 Å². The number of aliphatic hydroxyl groups excluding tert-OH is 1. The van der Waals surface area contributed by atoms with Crippen molar-refractivity contribution in [1.29, 1.82) is 0 Å². The second-order valence-electron chi connectivity index (χ2n) is 13.4. The van der Waals surface area contributed by atoms with Gasteiger partial charge in [0.2, 0.25) is 5.88 Å². The molecule has 5 aromatic carbocycles. The first kappa shape index (κ1) is 35.2. The van der Waals surface area contributed by atoms with Gasteiger partial charge in [-0.1, -0.05) is 139 Å². The standard InChI is InChI=1S/C44H36BrF2N3O2S/c1-52-41-34-25-43(35-22-23-37(46)38(39(35)47)40(51)28-14-6-2-7-15-28)32(24-33(34)36(45)26-48-41)27-53-42(49-43)50-44(29-16-8-3-9-17-29,30-18-10-4-11-19-30)31-20-12-5-13-21-31/h2-23,26,32,40,51H,24-25,27H2,1H3,(H,49,50)/t32-,40?,43-/m0/s1. The number of thioether (sulfide) groups is 1. The minimum atomic E-state index is -1.52. The SMILES string of the molecule is COc1ncc(Br)c2c1C[C@]1(c3ccc(F)c(C(O)c4ccccc4)c3F)N=C(NC(c3ccccc3)(c3ccccc3)c3ccccc3)SC[C@@H]1C2. The molecule has 1 aliphatic carbocycles. The van der Waals surface area contributed by atoms with Gasteiger partial charge in [0, 0.05) is 39.9 Å². The zero-order chi connectivity index (χ0) is 36.6. The van der Waals surface area contributed by atoms with Crippen molar-refractivity contribution in [3.63, 3.8) is 0 Å². The van der Waals surface area contributed by atoms with Crippen LogP contribution in [0.1, 0.15) is 50.6 Å². The number of methoxy groups -OCH3 is 1. The summed E-state index contributed by atoms with van der Waals surface area (Å²) >= 11 is 5.31. The second kappa shape index (κ2) is 14.5. The van der Waals surface area contributed by atoms with Crippen LogP contribution in [-0.2, 0) is 23.9 Å². The fraction of sp³-hybridized carbons (Fsp3) is 0.182. The summed E-state index contributed by atoms with van der Waals surface area (Å²) in [6.07, 6.45) is 1.01. The maximum Gasteiger partial charge on any atom is 0.216 e. The molecule has 0 spiro atoms. The Morgan fingerprint density at radius 1 is 0.830 bits per heavy atom. The van der Waals surface area contributed by atoms with Crippen molar-refractivity contribution in [1.82, 2.24) is 10.3 Å². The number of nitrogens with one attached hydrogen (secondary N) is 1. The Hall–Kier alpha value is -4.83. The van der Waals surface area contributed by atoms with Gasteiger partial charge in [-0.2, -0.15) is 0 Å². The topological polar surface area (TPSA) is 66.7 Å². The van der Waals surface area contributed by atoms with Crippen LogP contribution in [0, 0.1) is 17.6 Å². The maximum atomic E-state index is 17.4. The number of nitrogens with zero attached hydrogens (tertiary/aromatic N) is 2. The Balaban J connectivity index is 1.37. The molecule has 53 heavy (non-hydrogen) atoms. The molecule has 2 N–H and O–H groups in total. The molecule has 0 radical (unpaired) electrons. The number of rotatable bonds is 8. The van der Waals surface area contributed by atoms with E-state index in [2.05, 4.69) is 62.6 Å². The van der Waals surface area contributed by atoms with E-state index < -0.39 is 34.4 Å². The lowest BCUT2D eigenvalue weighted by Gasteiger charge is -2.47. The van der Waals surface area contributed by atoms with Gasteiger partial charge in [-0.25, -0.2) is 13.8 Å². The quantitative estimate of drug-likeness (QED) is 0.151. The lowest BCUT2D eigenvalue weighted by Crippen LogP contribution is -2.52. The molecule has 5 nitrogen and oxygen atoms in total. The molecule has 0 fully saturated rings. The molecule has 8 rings (SSSR count). The van der Waals surface area contributed by atoms with Crippen LogP contribution >= 0.6 is 27.7 Å². The summed E-state index contributed by atoms with van der Waals surface area (Å²) in [7, 11) is 1.57. The zero-order valence-corrected chi connectivity index (χ0v) is 31.2. The number of fused-ring (bicyclic) bond motifs is 2. The number of aliphatic hydroxyl groups is 1. The third-order valence-corrected chi connectivity index (χ3v) is 12.3. The fourth-order valence-corrected chi connectivity index (χ4v) is 9.72. The predicted molar refractivity (Wildman–Crippen MR) is 210 cm³/mol. The van der Waals surface area contributed by atoms with E-state index in [1.54, 1.807) is 55.4 Å². The van der Waals surface area contributed by atoms with Crippen LogP contribution in [0.25, 0.3) is 0 Å². The molecular weight excluding hydrogens is 752 g/mol. The number of hydrogen-bond acceptors (Lipinski definition) is 6. The summed E-state index contributed by atoms with van der Waals surface area (Å²) in [5.74, 6) is -0.812.